The summed E-state index contributed by atoms with van der Waals surface area (Å²) in [6.45, 7) is 2.60. The molecule has 0 radical (unpaired) electrons. The number of carbonyl (C=O) groups excluding carboxylic acids is 3. The highest BCUT2D eigenvalue weighted by atomic mass is 16.2. The Morgan fingerprint density at radius 3 is 2.58 bits per heavy atom. The number of nitrogens with one attached hydrogen (secondary N) is 3. The average molecular weight is 536 g/mol. The Morgan fingerprint density at radius 2 is 1.77 bits per heavy atom. The SMILES string of the molecule is C[C@@]1(c2ccccc2)CNC2(CCCC2)C(=O)N1CC(=O)Nc1ccc2c(c1)C[C@@]1(C2)C(=O)Nc2ncccc21. The van der Waals surface area contributed by atoms with E-state index in [1.807, 2.05) is 67.6 Å². The summed E-state index contributed by atoms with van der Waals surface area (Å²) < 4.78 is 0. The van der Waals surface area contributed by atoms with Crippen molar-refractivity contribution in [1.82, 2.24) is 15.2 Å². The fourth-order valence-electron chi connectivity index (χ4n) is 7.35. The van der Waals surface area contributed by atoms with Gasteiger partial charge in [0.05, 0.1) is 16.5 Å². The summed E-state index contributed by atoms with van der Waals surface area (Å²) in [5.41, 5.74) is 2.86. The zero-order valence-corrected chi connectivity index (χ0v) is 22.6. The van der Waals surface area contributed by atoms with E-state index in [9.17, 15) is 14.4 Å². The van der Waals surface area contributed by atoms with Gasteiger partial charge in [-0.25, -0.2) is 4.98 Å². The first-order chi connectivity index (χ1) is 19.3. The lowest BCUT2D eigenvalue weighted by Gasteiger charge is -2.51. The predicted molar refractivity (Wildman–Crippen MR) is 152 cm³/mol. The van der Waals surface area contributed by atoms with Crippen molar-refractivity contribution in [2.75, 3.05) is 23.7 Å². The van der Waals surface area contributed by atoms with Gasteiger partial charge in [0, 0.05) is 24.0 Å². The molecule has 204 valence electrons. The molecule has 1 aromatic heterocycles. The van der Waals surface area contributed by atoms with Crippen LogP contribution in [0.4, 0.5) is 11.5 Å². The van der Waals surface area contributed by atoms with Crippen LogP contribution < -0.4 is 16.0 Å². The molecule has 7 rings (SSSR count). The first kappa shape index (κ1) is 25.0. The Morgan fingerprint density at radius 1 is 1.00 bits per heavy atom. The number of anilines is 2. The predicted octanol–water partition coefficient (Wildman–Crippen LogP) is 3.67. The number of pyridine rings is 1. The molecule has 0 unspecified atom stereocenters. The number of benzene rings is 2. The summed E-state index contributed by atoms with van der Waals surface area (Å²) in [5.74, 6) is 0.386. The van der Waals surface area contributed by atoms with Crippen LogP contribution in [0.25, 0.3) is 0 Å². The van der Waals surface area contributed by atoms with Gasteiger partial charge in [0.1, 0.15) is 12.4 Å². The standard InChI is InChI=1S/C32H33N5O3/c1-30(23-8-3-2-4-9-23)20-34-32(13-5-6-14-32)29(40)37(30)19-26(38)35-24-12-11-21-17-31(18-22(21)16-24)25-10-7-15-33-27(25)36-28(31)39/h2-4,7-12,15-16,34H,5-6,13-14,17-20H2,1H3,(H,35,38)(H,33,36,39)/t30-,31+/m0/s1. The van der Waals surface area contributed by atoms with E-state index >= 15 is 0 Å². The quantitative estimate of drug-likeness (QED) is 0.473. The first-order valence-corrected chi connectivity index (χ1v) is 14.1. The van der Waals surface area contributed by atoms with Crippen molar-refractivity contribution in [3.63, 3.8) is 0 Å². The highest BCUT2D eigenvalue weighted by molar-refractivity contribution is 6.06. The van der Waals surface area contributed by atoms with Gasteiger partial charge in [-0.2, -0.15) is 0 Å². The van der Waals surface area contributed by atoms with E-state index < -0.39 is 16.5 Å². The van der Waals surface area contributed by atoms with Crippen molar-refractivity contribution < 1.29 is 14.4 Å². The molecule has 2 atom stereocenters. The molecule has 2 aromatic carbocycles. The lowest BCUT2D eigenvalue weighted by Crippen LogP contribution is -2.71. The van der Waals surface area contributed by atoms with E-state index in [4.69, 9.17) is 0 Å². The zero-order valence-electron chi connectivity index (χ0n) is 22.6. The molecule has 8 nitrogen and oxygen atoms in total. The van der Waals surface area contributed by atoms with Crippen LogP contribution in [0.5, 0.6) is 0 Å². The minimum absolute atomic E-state index is 0.00756. The molecule has 3 amide bonds. The number of hydrogen-bond donors (Lipinski definition) is 3. The van der Waals surface area contributed by atoms with Gasteiger partial charge in [0.15, 0.2) is 0 Å². The van der Waals surface area contributed by atoms with Crippen LogP contribution in [0, 0.1) is 0 Å². The van der Waals surface area contributed by atoms with E-state index in [0.29, 0.717) is 30.9 Å². The minimum Gasteiger partial charge on any atom is -0.325 e. The highest BCUT2D eigenvalue weighted by Crippen LogP contribution is 2.47. The number of carbonyl (C=O) groups is 3. The number of fused-ring (bicyclic) bond motifs is 3. The lowest BCUT2D eigenvalue weighted by atomic mass is 9.79. The van der Waals surface area contributed by atoms with Crippen LogP contribution in [-0.4, -0.2) is 46.2 Å². The minimum atomic E-state index is -0.658. The number of nitrogens with zero attached hydrogens (tertiary/aromatic N) is 2. The van der Waals surface area contributed by atoms with Crippen molar-refractivity contribution in [2.45, 2.75) is 61.9 Å². The van der Waals surface area contributed by atoms with Gasteiger partial charge in [0.25, 0.3) is 0 Å². The molecule has 40 heavy (non-hydrogen) atoms. The van der Waals surface area contributed by atoms with Gasteiger partial charge in [-0.05, 0) is 67.5 Å². The van der Waals surface area contributed by atoms with Crippen LogP contribution in [0.2, 0.25) is 0 Å². The fourth-order valence-corrected chi connectivity index (χ4v) is 7.35. The molecule has 8 heteroatoms. The number of piperazine rings is 1. The summed E-state index contributed by atoms with van der Waals surface area (Å²) >= 11 is 0. The summed E-state index contributed by atoms with van der Waals surface area (Å²) in [6.07, 6.45) is 6.47. The first-order valence-electron chi connectivity index (χ1n) is 14.1. The second-order valence-corrected chi connectivity index (χ2v) is 12.0. The molecule has 2 aliphatic carbocycles. The van der Waals surface area contributed by atoms with Crippen LogP contribution in [-0.2, 0) is 38.2 Å². The molecular weight excluding hydrogens is 502 g/mol. The average Bonchev–Trinajstić information content (AvgIpc) is 3.67. The Kier molecular flexibility index (Phi) is 5.61. The largest absolute Gasteiger partial charge is 0.325 e. The molecular formula is C32H33N5O3. The molecule has 1 saturated carbocycles. The summed E-state index contributed by atoms with van der Waals surface area (Å²) in [4.78, 5) is 46.7. The van der Waals surface area contributed by atoms with Gasteiger partial charge >= 0.3 is 0 Å². The van der Waals surface area contributed by atoms with E-state index in [1.54, 1.807) is 11.1 Å². The number of aromatic nitrogens is 1. The third-order valence-corrected chi connectivity index (χ3v) is 9.64. The van der Waals surface area contributed by atoms with Gasteiger partial charge < -0.3 is 20.9 Å². The number of hydrogen-bond acceptors (Lipinski definition) is 5. The maximum absolute atomic E-state index is 14.0. The maximum atomic E-state index is 14.0. The third kappa shape index (κ3) is 3.69. The number of rotatable bonds is 4. The smallest absolute Gasteiger partial charge is 0.244 e. The van der Waals surface area contributed by atoms with Gasteiger partial charge in [-0.3, -0.25) is 14.4 Å². The third-order valence-electron chi connectivity index (χ3n) is 9.64. The summed E-state index contributed by atoms with van der Waals surface area (Å²) in [7, 11) is 0. The van der Waals surface area contributed by atoms with Crippen LogP contribution in [0.3, 0.4) is 0 Å². The van der Waals surface area contributed by atoms with Crippen molar-refractivity contribution >= 4 is 29.2 Å². The fraction of sp³-hybridized carbons (Fsp3) is 0.375. The van der Waals surface area contributed by atoms with Gasteiger partial charge in [-0.1, -0.05) is 55.3 Å². The highest BCUT2D eigenvalue weighted by Gasteiger charge is 2.54. The van der Waals surface area contributed by atoms with Gasteiger partial charge in [0.2, 0.25) is 17.7 Å². The van der Waals surface area contributed by atoms with Crippen molar-refractivity contribution in [1.29, 1.82) is 0 Å². The van der Waals surface area contributed by atoms with Crippen LogP contribution >= 0.6 is 0 Å². The monoisotopic (exact) mass is 535 g/mol. The molecule has 2 aliphatic heterocycles. The van der Waals surface area contributed by atoms with Crippen molar-refractivity contribution in [3.05, 3.63) is 89.1 Å². The van der Waals surface area contributed by atoms with Gasteiger partial charge in [-0.15, -0.1) is 0 Å². The Balaban J connectivity index is 1.13. The van der Waals surface area contributed by atoms with Crippen LogP contribution in [0.15, 0.2) is 66.9 Å². The molecule has 4 aliphatic rings. The van der Waals surface area contributed by atoms with E-state index in [1.165, 1.54) is 0 Å². The van der Waals surface area contributed by atoms with Crippen molar-refractivity contribution in [2.24, 2.45) is 0 Å². The maximum Gasteiger partial charge on any atom is 0.244 e. The lowest BCUT2D eigenvalue weighted by molar-refractivity contribution is -0.153. The molecule has 1 saturated heterocycles. The second kappa shape index (κ2) is 8.99. The molecule has 0 bridgehead atoms. The number of amides is 3. The molecule has 3 aromatic rings. The summed E-state index contributed by atoms with van der Waals surface area (Å²) in [5, 5.41) is 9.58. The molecule has 3 N–H and O–H groups in total. The Bertz CT molecular complexity index is 1530. The van der Waals surface area contributed by atoms with E-state index in [0.717, 1.165) is 47.9 Å². The molecule has 3 heterocycles. The molecule has 2 spiro atoms. The zero-order chi connectivity index (χ0) is 27.5. The normalized spacial score (nSPS) is 26.2. The Labute approximate surface area is 233 Å². The Hall–Kier alpha value is -4.04. The second-order valence-electron chi connectivity index (χ2n) is 12.0. The van der Waals surface area contributed by atoms with E-state index in [2.05, 4.69) is 20.9 Å². The van der Waals surface area contributed by atoms with E-state index in [-0.39, 0.29) is 24.3 Å². The van der Waals surface area contributed by atoms with Crippen molar-refractivity contribution in [3.8, 4) is 0 Å². The summed E-state index contributed by atoms with van der Waals surface area (Å²) in [6, 6.07) is 19.7. The topological polar surface area (TPSA) is 103 Å². The molecule has 2 fully saturated rings. The van der Waals surface area contributed by atoms with Crippen LogP contribution in [0.1, 0.15) is 54.9 Å².